The Morgan fingerprint density at radius 3 is 2.88 bits per heavy atom. The molecule has 2 aromatic rings. The van der Waals surface area contributed by atoms with Gasteiger partial charge in [-0.3, -0.25) is 9.59 Å². The van der Waals surface area contributed by atoms with E-state index in [2.05, 4.69) is 9.88 Å². The molecule has 5 nitrogen and oxygen atoms in total. The molecule has 1 aromatic carbocycles. The number of nitrogens with zero attached hydrogens (tertiary/aromatic N) is 2. The van der Waals surface area contributed by atoms with Crippen LogP contribution in [0.25, 0.3) is 10.9 Å². The van der Waals surface area contributed by atoms with Crippen molar-refractivity contribution in [1.82, 2.24) is 14.8 Å². The first-order chi connectivity index (χ1) is 12.6. The van der Waals surface area contributed by atoms with Gasteiger partial charge in [0.15, 0.2) is 0 Å². The highest BCUT2D eigenvalue weighted by atomic mass is 16.2. The second kappa shape index (κ2) is 7.23. The zero-order valence-electron chi connectivity index (χ0n) is 15.4. The molecule has 5 heteroatoms. The van der Waals surface area contributed by atoms with Crippen LogP contribution in [0.3, 0.4) is 0 Å². The van der Waals surface area contributed by atoms with Crippen molar-refractivity contribution in [1.29, 1.82) is 0 Å². The molecule has 138 valence electrons. The number of nitrogens with one attached hydrogen (secondary N) is 1. The normalized spacial score (nSPS) is 23.6. The van der Waals surface area contributed by atoms with Gasteiger partial charge in [-0.05, 0) is 50.8 Å². The number of amides is 1. The van der Waals surface area contributed by atoms with E-state index in [1.165, 1.54) is 51.3 Å². The predicted octanol–water partition coefficient (Wildman–Crippen LogP) is 2.86. The first-order valence-electron chi connectivity index (χ1n) is 9.75. The highest BCUT2D eigenvalue weighted by Crippen LogP contribution is 2.31. The fraction of sp³-hybridized carbons (Fsp3) is 0.524. The number of H-pyrrole nitrogens is 1. The number of para-hydroxylation sites is 1. The minimum Gasteiger partial charge on any atom is -0.341 e. The average Bonchev–Trinajstić information content (AvgIpc) is 2.67. The summed E-state index contributed by atoms with van der Waals surface area (Å²) in [4.78, 5) is 32.3. The number of piperidine rings is 2. The van der Waals surface area contributed by atoms with Crippen LogP contribution in [0, 0.1) is 5.92 Å². The van der Waals surface area contributed by atoms with E-state index in [-0.39, 0.29) is 11.5 Å². The van der Waals surface area contributed by atoms with Crippen molar-refractivity contribution in [3.63, 3.8) is 0 Å². The number of aromatic amines is 1. The summed E-state index contributed by atoms with van der Waals surface area (Å²) in [5, 5.41) is 0.812. The molecule has 0 aliphatic carbocycles. The molecule has 0 saturated carbocycles. The van der Waals surface area contributed by atoms with Crippen molar-refractivity contribution >= 4 is 16.8 Å². The number of fused-ring (bicyclic) bond motifs is 2. The van der Waals surface area contributed by atoms with Crippen molar-refractivity contribution in [2.75, 3.05) is 26.7 Å². The van der Waals surface area contributed by atoms with Gasteiger partial charge in [0.05, 0.1) is 5.56 Å². The van der Waals surface area contributed by atoms with E-state index >= 15 is 0 Å². The molecule has 0 radical (unpaired) electrons. The molecular formula is C21H27N3O2. The van der Waals surface area contributed by atoms with E-state index in [0.717, 1.165) is 11.9 Å². The quantitative estimate of drug-likeness (QED) is 0.923. The number of hydrogen-bond acceptors (Lipinski definition) is 3. The zero-order valence-corrected chi connectivity index (χ0v) is 15.4. The lowest BCUT2D eigenvalue weighted by atomic mass is 9.83. The number of carbonyl (C=O) groups excluding carboxylic acids is 1. The molecule has 3 heterocycles. The summed E-state index contributed by atoms with van der Waals surface area (Å²) in [5.41, 5.74) is 0.993. The van der Waals surface area contributed by atoms with Crippen LogP contribution in [-0.4, -0.2) is 53.4 Å². The Labute approximate surface area is 154 Å². The molecule has 2 fully saturated rings. The minimum atomic E-state index is -0.225. The third-order valence-electron chi connectivity index (χ3n) is 6.06. The first-order valence-corrected chi connectivity index (χ1v) is 9.75. The Hall–Kier alpha value is -2.14. The Balaban J connectivity index is 1.56. The minimum absolute atomic E-state index is 0.0553. The van der Waals surface area contributed by atoms with Crippen molar-refractivity contribution in [3.05, 3.63) is 46.2 Å². The number of carbonyl (C=O) groups is 1. The van der Waals surface area contributed by atoms with Crippen LogP contribution in [-0.2, 0) is 0 Å². The van der Waals surface area contributed by atoms with Crippen LogP contribution < -0.4 is 5.56 Å². The largest absolute Gasteiger partial charge is 0.341 e. The van der Waals surface area contributed by atoms with Gasteiger partial charge in [0.2, 0.25) is 5.56 Å². The number of rotatable bonds is 3. The van der Waals surface area contributed by atoms with Gasteiger partial charge in [-0.25, -0.2) is 0 Å². The Morgan fingerprint density at radius 1 is 1.19 bits per heavy atom. The lowest BCUT2D eigenvalue weighted by Crippen LogP contribution is -2.51. The van der Waals surface area contributed by atoms with Gasteiger partial charge in [0, 0.05) is 36.6 Å². The van der Waals surface area contributed by atoms with Gasteiger partial charge < -0.3 is 14.8 Å². The summed E-state index contributed by atoms with van der Waals surface area (Å²) in [7, 11) is 1.88. The van der Waals surface area contributed by atoms with E-state index in [9.17, 15) is 9.59 Å². The topological polar surface area (TPSA) is 56.4 Å². The monoisotopic (exact) mass is 353 g/mol. The maximum atomic E-state index is 13.1. The third kappa shape index (κ3) is 3.28. The fourth-order valence-electron chi connectivity index (χ4n) is 4.81. The number of hydrogen-bond donors (Lipinski definition) is 1. The van der Waals surface area contributed by atoms with Crippen LogP contribution in [0.15, 0.2) is 35.1 Å². The highest BCUT2D eigenvalue weighted by molar-refractivity contribution is 6.05. The molecule has 4 rings (SSSR count). The molecule has 2 aliphatic rings. The molecule has 0 bridgehead atoms. The molecule has 26 heavy (non-hydrogen) atoms. The predicted molar refractivity (Wildman–Crippen MR) is 103 cm³/mol. The van der Waals surface area contributed by atoms with Gasteiger partial charge in [-0.15, -0.1) is 0 Å². The second-order valence-corrected chi connectivity index (χ2v) is 7.78. The van der Waals surface area contributed by atoms with Crippen molar-refractivity contribution in [3.8, 4) is 0 Å². The average molecular weight is 353 g/mol. The summed E-state index contributed by atoms with van der Waals surface area (Å²) in [5.74, 6) is 0.478. The summed E-state index contributed by atoms with van der Waals surface area (Å²) in [6, 6.07) is 9.57. The van der Waals surface area contributed by atoms with E-state index in [4.69, 9.17) is 0 Å². The standard InChI is InChI=1S/C21H27N3O2/c1-23(14-15-7-6-12-24-11-5-4-10-19(15)24)21(26)17-13-20(25)22-18-9-3-2-8-16(17)18/h2-3,8-9,13,15,19H,4-7,10-12,14H2,1H3,(H,22,25). The van der Waals surface area contributed by atoms with Gasteiger partial charge >= 0.3 is 0 Å². The summed E-state index contributed by atoms with van der Waals surface area (Å²) >= 11 is 0. The summed E-state index contributed by atoms with van der Waals surface area (Å²) in [6.07, 6.45) is 6.26. The number of aromatic nitrogens is 1. The zero-order chi connectivity index (χ0) is 18.1. The van der Waals surface area contributed by atoms with Crippen molar-refractivity contribution in [2.24, 2.45) is 5.92 Å². The van der Waals surface area contributed by atoms with Crippen LogP contribution >= 0.6 is 0 Å². The lowest BCUT2D eigenvalue weighted by molar-refractivity contribution is 0.0403. The maximum Gasteiger partial charge on any atom is 0.254 e. The van der Waals surface area contributed by atoms with E-state index in [1.807, 2.05) is 36.2 Å². The molecule has 2 atom stereocenters. The van der Waals surface area contributed by atoms with E-state index in [0.29, 0.717) is 23.0 Å². The smallest absolute Gasteiger partial charge is 0.254 e. The Kier molecular flexibility index (Phi) is 4.81. The molecule has 1 aromatic heterocycles. The van der Waals surface area contributed by atoms with Gasteiger partial charge in [-0.2, -0.15) is 0 Å². The highest BCUT2D eigenvalue weighted by Gasteiger charge is 2.34. The van der Waals surface area contributed by atoms with Crippen LogP contribution in [0.2, 0.25) is 0 Å². The molecular weight excluding hydrogens is 326 g/mol. The number of pyridine rings is 1. The summed E-state index contributed by atoms with van der Waals surface area (Å²) in [6.45, 7) is 3.18. The molecule has 1 amide bonds. The molecule has 2 saturated heterocycles. The fourth-order valence-corrected chi connectivity index (χ4v) is 4.81. The first kappa shape index (κ1) is 17.3. The van der Waals surface area contributed by atoms with Gasteiger partial charge in [0.25, 0.3) is 5.91 Å². The third-order valence-corrected chi connectivity index (χ3v) is 6.06. The van der Waals surface area contributed by atoms with E-state index < -0.39 is 0 Å². The van der Waals surface area contributed by atoms with Crippen LogP contribution in [0.4, 0.5) is 0 Å². The Morgan fingerprint density at radius 2 is 2.00 bits per heavy atom. The number of benzene rings is 1. The SMILES string of the molecule is CN(CC1CCCN2CCCCC12)C(=O)c1cc(=O)[nH]c2ccccc12. The van der Waals surface area contributed by atoms with Crippen LogP contribution in [0.5, 0.6) is 0 Å². The lowest BCUT2D eigenvalue weighted by Gasteiger charge is -2.45. The van der Waals surface area contributed by atoms with Gasteiger partial charge in [-0.1, -0.05) is 24.6 Å². The van der Waals surface area contributed by atoms with E-state index in [1.54, 1.807) is 0 Å². The molecule has 2 aliphatic heterocycles. The molecule has 0 spiro atoms. The second-order valence-electron chi connectivity index (χ2n) is 7.78. The molecule has 2 unspecified atom stereocenters. The summed E-state index contributed by atoms with van der Waals surface area (Å²) < 4.78 is 0. The van der Waals surface area contributed by atoms with Crippen molar-refractivity contribution in [2.45, 2.75) is 38.1 Å². The van der Waals surface area contributed by atoms with Crippen molar-refractivity contribution < 1.29 is 4.79 Å². The maximum absolute atomic E-state index is 13.1. The molecule has 1 N–H and O–H groups in total. The van der Waals surface area contributed by atoms with Crippen LogP contribution in [0.1, 0.15) is 42.5 Å². The van der Waals surface area contributed by atoms with Gasteiger partial charge in [0.1, 0.15) is 0 Å². The Bertz CT molecular complexity index is 858.